The molecule has 0 amide bonds. The molecule has 7 heteroatoms. The Bertz CT molecular complexity index is 1010. The SMILES string of the molecule is CCCC/C(=N/Oc1nc2oc(=O)cc(CC)c2c(=O)[nH]1)C1=CCC=C1. The Morgan fingerprint density at radius 3 is 2.92 bits per heavy atom. The Hall–Kier alpha value is -2.96. The highest BCUT2D eigenvalue weighted by Crippen LogP contribution is 2.17. The summed E-state index contributed by atoms with van der Waals surface area (Å²) in [5.74, 6) is 0. The lowest BCUT2D eigenvalue weighted by Crippen LogP contribution is -2.14. The summed E-state index contributed by atoms with van der Waals surface area (Å²) in [4.78, 5) is 36.0. The summed E-state index contributed by atoms with van der Waals surface area (Å²) in [6, 6.07) is 1.20. The number of rotatable bonds is 7. The van der Waals surface area contributed by atoms with Gasteiger partial charge in [0.15, 0.2) is 0 Å². The minimum Gasteiger partial charge on any atom is -0.403 e. The first kappa shape index (κ1) is 17.8. The molecule has 0 aromatic carbocycles. The van der Waals surface area contributed by atoms with Crippen LogP contribution in [0.2, 0.25) is 0 Å². The van der Waals surface area contributed by atoms with Gasteiger partial charge in [0.1, 0.15) is 5.39 Å². The van der Waals surface area contributed by atoms with Crippen LogP contribution in [-0.4, -0.2) is 15.7 Å². The first-order valence-electron chi connectivity index (χ1n) is 8.80. The maximum absolute atomic E-state index is 12.4. The van der Waals surface area contributed by atoms with E-state index in [1.54, 1.807) is 0 Å². The van der Waals surface area contributed by atoms with Gasteiger partial charge in [-0.15, -0.1) is 0 Å². The molecule has 2 aromatic heterocycles. The van der Waals surface area contributed by atoms with Crippen LogP contribution in [0.3, 0.4) is 0 Å². The van der Waals surface area contributed by atoms with Crippen molar-refractivity contribution in [2.75, 3.05) is 0 Å². The zero-order chi connectivity index (χ0) is 18.5. The van der Waals surface area contributed by atoms with Gasteiger partial charge in [-0.3, -0.25) is 9.78 Å². The van der Waals surface area contributed by atoms with Crippen LogP contribution in [0.5, 0.6) is 6.01 Å². The van der Waals surface area contributed by atoms with Crippen molar-refractivity contribution in [3.8, 4) is 6.01 Å². The smallest absolute Gasteiger partial charge is 0.337 e. The number of fused-ring (bicyclic) bond motifs is 1. The maximum Gasteiger partial charge on any atom is 0.337 e. The number of H-pyrrole nitrogens is 1. The molecule has 136 valence electrons. The standard InChI is InChI=1S/C19H21N3O4/c1-3-5-10-14(13-8-6-7-9-13)22-26-19-20-17(24)16-12(4-2)11-15(23)25-18(16)21-19/h6,8-9,11H,3-5,7,10H2,1-2H3,(H,20,21,24)/b22-14-. The minimum absolute atomic E-state index is 0.0432. The largest absolute Gasteiger partial charge is 0.403 e. The fraction of sp³-hybridized carbons (Fsp3) is 0.368. The molecule has 1 N–H and O–H groups in total. The molecule has 2 aromatic rings. The Labute approximate surface area is 150 Å². The van der Waals surface area contributed by atoms with E-state index in [1.807, 2.05) is 19.1 Å². The molecule has 7 nitrogen and oxygen atoms in total. The third kappa shape index (κ3) is 3.82. The van der Waals surface area contributed by atoms with Crippen LogP contribution in [0.25, 0.3) is 11.1 Å². The molecule has 0 fully saturated rings. The van der Waals surface area contributed by atoms with Gasteiger partial charge in [-0.1, -0.05) is 43.7 Å². The lowest BCUT2D eigenvalue weighted by Gasteiger charge is -2.06. The number of hydrogen-bond acceptors (Lipinski definition) is 6. The van der Waals surface area contributed by atoms with Crippen LogP contribution in [0, 0.1) is 0 Å². The lowest BCUT2D eigenvalue weighted by atomic mass is 10.1. The normalized spacial score (nSPS) is 14.1. The quantitative estimate of drug-likeness (QED) is 0.607. The van der Waals surface area contributed by atoms with Crippen LogP contribution in [-0.2, 0) is 6.42 Å². The molecule has 1 aliphatic carbocycles. The molecule has 0 aliphatic heterocycles. The molecule has 0 saturated heterocycles. The minimum atomic E-state index is -0.549. The van der Waals surface area contributed by atoms with E-state index < -0.39 is 11.2 Å². The molecule has 0 spiro atoms. The van der Waals surface area contributed by atoms with Gasteiger partial charge in [-0.25, -0.2) is 4.79 Å². The monoisotopic (exact) mass is 355 g/mol. The zero-order valence-corrected chi connectivity index (χ0v) is 14.9. The van der Waals surface area contributed by atoms with E-state index in [0.717, 1.165) is 37.0 Å². The van der Waals surface area contributed by atoms with Crippen LogP contribution in [0.4, 0.5) is 0 Å². The van der Waals surface area contributed by atoms with Crippen molar-refractivity contribution in [3.63, 3.8) is 0 Å². The van der Waals surface area contributed by atoms with E-state index in [1.165, 1.54) is 6.07 Å². The number of hydrogen-bond donors (Lipinski definition) is 1. The Morgan fingerprint density at radius 2 is 2.23 bits per heavy atom. The number of aromatic amines is 1. The predicted molar refractivity (Wildman–Crippen MR) is 99.7 cm³/mol. The van der Waals surface area contributed by atoms with Crippen molar-refractivity contribution in [1.29, 1.82) is 0 Å². The average Bonchev–Trinajstić information content (AvgIpc) is 3.15. The van der Waals surface area contributed by atoms with Crippen molar-refractivity contribution in [2.24, 2.45) is 5.16 Å². The van der Waals surface area contributed by atoms with Crippen molar-refractivity contribution in [2.45, 2.75) is 46.0 Å². The Morgan fingerprint density at radius 1 is 1.38 bits per heavy atom. The van der Waals surface area contributed by atoms with Crippen molar-refractivity contribution in [3.05, 3.63) is 56.2 Å². The number of nitrogens with one attached hydrogen (secondary N) is 1. The third-order valence-corrected chi connectivity index (χ3v) is 4.17. The van der Waals surface area contributed by atoms with Crippen LogP contribution < -0.4 is 16.0 Å². The number of unbranched alkanes of at least 4 members (excludes halogenated alkanes) is 1. The summed E-state index contributed by atoms with van der Waals surface area (Å²) in [6.07, 6.45) is 10.3. The highest BCUT2D eigenvalue weighted by atomic mass is 16.6. The van der Waals surface area contributed by atoms with Gasteiger partial charge in [-0.05, 0) is 36.8 Å². The second-order valence-corrected chi connectivity index (χ2v) is 6.03. The predicted octanol–water partition coefficient (Wildman–Crippen LogP) is 3.25. The first-order chi connectivity index (χ1) is 12.6. The number of aryl methyl sites for hydroxylation is 1. The highest BCUT2D eigenvalue weighted by Gasteiger charge is 2.13. The Balaban J connectivity index is 1.96. The molecule has 0 radical (unpaired) electrons. The van der Waals surface area contributed by atoms with E-state index in [2.05, 4.69) is 28.1 Å². The topological polar surface area (TPSA) is 97.5 Å². The summed E-state index contributed by atoms with van der Waals surface area (Å²) in [5.41, 5.74) is 1.39. The number of aromatic nitrogens is 2. The second kappa shape index (κ2) is 7.95. The maximum atomic E-state index is 12.4. The fourth-order valence-electron chi connectivity index (χ4n) is 2.81. The van der Waals surface area contributed by atoms with Crippen molar-refractivity contribution >= 4 is 16.8 Å². The average molecular weight is 355 g/mol. The van der Waals surface area contributed by atoms with Crippen LogP contribution >= 0.6 is 0 Å². The number of nitrogens with zero attached hydrogens (tertiary/aromatic N) is 2. The second-order valence-electron chi connectivity index (χ2n) is 6.03. The zero-order valence-electron chi connectivity index (χ0n) is 14.9. The van der Waals surface area contributed by atoms with Crippen molar-refractivity contribution < 1.29 is 9.25 Å². The summed E-state index contributed by atoms with van der Waals surface area (Å²) < 4.78 is 5.06. The lowest BCUT2D eigenvalue weighted by molar-refractivity contribution is 0.310. The van der Waals surface area contributed by atoms with Crippen LogP contribution in [0.15, 0.2) is 49.0 Å². The Kier molecular flexibility index (Phi) is 5.46. The summed E-state index contributed by atoms with van der Waals surface area (Å²) in [5, 5.41) is 4.43. The van der Waals surface area contributed by atoms with E-state index in [0.29, 0.717) is 12.0 Å². The molecule has 26 heavy (non-hydrogen) atoms. The molecule has 1 aliphatic rings. The molecule has 0 atom stereocenters. The molecular weight excluding hydrogens is 334 g/mol. The molecule has 0 bridgehead atoms. The third-order valence-electron chi connectivity index (χ3n) is 4.17. The van der Waals surface area contributed by atoms with Gasteiger partial charge in [0.2, 0.25) is 5.71 Å². The molecule has 3 rings (SSSR count). The van der Waals surface area contributed by atoms with Gasteiger partial charge in [0, 0.05) is 6.07 Å². The van der Waals surface area contributed by atoms with E-state index in [-0.39, 0.29) is 17.1 Å². The number of oxime groups is 1. The van der Waals surface area contributed by atoms with E-state index in [9.17, 15) is 9.59 Å². The van der Waals surface area contributed by atoms with E-state index >= 15 is 0 Å². The first-order valence-corrected chi connectivity index (χ1v) is 8.80. The summed E-state index contributed by atoms with van der Waals surface area (Å²) in [6.45, 7) is 3.96. The van der Waals surface area contributed by atoms with Gasteiger partial charge >= 0.3 is 11.6 Å². The van der Waals surface area contributed by atoms with Gasteiger partial charge in [0.25, 0.3) is 5.56 Å². The summed E-state index contributed by atoms with van der Waals surface area (Å²) >= 11 is 0. The van der Waals surface area contributed by atoms with Crippen LogP contribution in [0.1, 0.15) is 45.1 Å². The van der Waals surface area contributed by atoms with Gasteiger partial charge in [-0.2, -0.15) is 4.98 Å². The van der Waals surface area contributed by atoms with E-state index in [4.69, 9.17) is 9.25 Å². The highest BCUT2D eigenvalue weighted by molar-refractivity contribution is 6.02. The fourth-order valence-corrected chi connectivity index (χ4v) is 2.81. The number of allylic oxidation sites excluding steroid dienone is 4. The van der Waals surface area contributed by atoms with Gasteiger partial charge < -0.3 is 9.25 Å². The molecular formula is C19H21N3O4. The molecule has 2 heterocycles. The molecule has 0 unspecified atom stereocenters. The van der Waals surface area contributed by atoms with Gasteiger partial charge in [0.05, 0.1) is 5.71 Å². The van der Waals surface area contributed by atoms with Crippen molar-refractivity contribution in [1.82, 2.24) is 9.97 Å². The summed E-state index contributed by atoms with van der Waals surface area (Å²) in [7, 11) is 0. The molecule has 0 saturated carbocycles.